The SMILES string of the molecule is O=C(COc1ccc2ccccc2c1)Nc1ccccc1OCCCc1ccccc1. The van der Waals surface area contributed by atoms with Crippen LogP contribution in [-0.2, 0) is 11.2 Å². The molecule has 0 aliphatic rings. The van der Waals surface area contributed by atoms with Gasteiger partial charge in [-0.1, -0.05) is 72.8 Å². The van der Waals surface area contributed by atoms with Crippen molar-refractivity contribution in [2.75, 3.05) is 18.5 Å². The summed E-state index contributed by atoms with van der Waals surface area (Å²) in [6.45, 7) is 0.510. The fourth-order valence-electron chi connectivity index (χ4n) is 3.39. The number of carbonyl (C=O) groups is 1. The largest absolute Gasteiger partial charge is 0.491 e. The minimum Gasteiger partial charge on any atom is -0.491 e. The van der Waals surface area contributed by atoms with E-state index in [9.17, 15) is 4.79 Å². The van der Waals surface area contributed by atoms with Crippen LogP contribution in [0.15, 0.2) is 97.1 Å². The van der Waals surface area contributed by atoms with Crippen molar-refractivity contribution in [3.63, 3.8) is 0 Å². The maximum Gasteiger partial charge on any atom is 0.262 e. The Balaban J connectivity index is 1.28. The van der Waals surface area contributed by atoms with E-state index in [1.165, 1.54) is 5.56 Å². The van der Waals surface area contributed by atoms with E-state index in [2.05, 4.69) is 17.4 Å². The van der Waals surface area contributed by atoms with Crippen LogP contribution in [0.25, 0.3) is 10.8 Å². The fraction of sp³-hybridized carbons (Fsp3) is 0.148. The lowest BCUT2D eigenvalue weighted by Gasteiger charge is -2.13. The molecule has 4 heteroatoms. The van der Waals surface area contributed by atoms with Gasteiger partial charge in [0.1, 0.15) is 11.5 Å². The van der Waals surface area contributed by atoms with Gasteiger partial charge in [-0.25, -0.2) is 0 Å². The molecule has 0 atom stereocenters. The van der Waals surface area contributed by atoms with Crippen molar-refractivity contribution in [1.29, 1.82) is 0 Å². The van der Waals surface area contributed by atoms with Gasteiger partial charge in [0, 0.05) is 0 Å². The van der Waals surface area contributed by atoms with Crippen molar-refractivity contribution in [3.05, 3.63) is 103 Å². The predicted octanol–water partition coefficient (Wildman–Crippen LogP) is 5.87. The van der Waals surface area contributed by atoms with E-state index in [-0.39, 0.29) is 12.5 Å². The molecule has 4 aromatic rings. The lowest BCUT2D eigenvalue weighted by molar-refractivity contribution is -0.118. The number of aryl methyl sites for hydroxylation is 1. The van der Waals surface area contributed by atoms with Crippen LogP contribution in [0.3, 0.4) is 0 Å². The Hall–Kier alpha value is -3.79. The summed E-state index contributed by atoms with van der Waals surface area (Å²) in [4.78, 5) is 12.4. The average molecular weight is 412 g/mol. The molecule has 4 aromatic carbocycles. The first kappa shape index (κ1) is 20.5. The van der Waals surface area contributed by atoms with E-state index in [0.717, 1.165) is 23.6 Å². The number of ether oxygens (including phenoxy) is 2. The molecular weight excluding hydrogens is 386 g/mol. The highest BCUT2D eigenvalue weighted by Crippen LogP contribution is 2.24. The molecule has 0 aromatic heterocycles. The Morgan fingerprint density at radius 1 is 0.742 bits per heavy atom. The van der Waals surface area contributed by atoms with Crippen molar-refractivity contribution in [3.8, 4) is 11.5 Å². The van der Waals surface area contributed by atoms with Gasteiger partial charge in [-0.15, -0.1) is 0 Å². The molecule has 1 amide bonds. The number of para-hydroxylation sites is 2. The molecule has 0 saturated carbocycles. The van der Waals surface area contributed by atoms with Crippen molar-refractivity contribution in [2.24, 2.45) is 0 Å². The van der Waals surface area contributed by atoms with Crippen molar-refractivity contribution < 1.29 is 14.3 Å². The third-order valence-electron chi connectivity index (χ3n) is 4.96. The molecule has 0 aliphatic heterocycles. The Labute approximate surface area is 182 Å². The Bertz CT molecular complexity index is 1140. The van der Waals surface area contributed by atoms with Crippen LogP contribution in [0.4, 0.5) is 5.69 Å². The second-order valence-electron chi connectivity index (χ2n) is 7.28. The zero-order chi connectivity index (χ0) is 21.3. The van der Waals surface area contributed by atoms with Gasteiger partial charge in [0.2, 0.25) is 0 Å². The first-order valence-corrected chi connectivity index (χ1v) is 10.5. The van der Waals surface area contributed by atoms with Gasteiger partial charge in [-0.05, 0) is 53.4 Å². The van der Waals surface area contributed by atoms with Crippen LogP contribution in [-0.4, -0.2) is 19.1 Å². The maximum atomic E-state index is 12.4. The molecule has 0 heterocycles. The second kappa shape index (κ2) is 10.3. The molecule has 1 N–H and O–H groups in total. The zero-order valence-electron chi connectivity index (χ0n) is 17.3. The van der Waals surface area contributed by atoms with Crippen molar-refractivity contribution >= 4 is 22.4 Å². The van der Waals surface area contributed by atoms with Gasteiger partial charge in [-0.3, -0.25) is 4.79 Å². The fourth-order valence-corrected chi connectivity index (χ4v) is 3.39. The Kier molecular flexibility index (Phi) is 6.81. The summed E-state index contributed by atoms with van der Waals surface area (Å²) < 4.78 is 11.6. The number of amides is 1. The standard InChI is InChI=1S/C27H25NO3/c29-27(20-31-24-17-16-22-12-4-5-13-23(22)19-24)28-25-14-6-7-15-26(25)30-18-8-11-21-9-2-1-3-10-21/h1-7,9-10,12-17,19H,8,11,18,20H2,(H,28,29). The van der Waals surface area contributed by atoms with Gasteiger partial charge < -0.3 is 14.8 Å². The summed E-state index contributed by atoms with van der Waals surface area (Å²) >= 11 is 0. The number of hydrogen-bond acceptors (Lipinski definition) is 3. The molecule has 0 saturated heterocycles. The molecule has 0 fully saturated rings. The maximum absolute atomic E-state index is 12.4. The number of hydrogen-bond donors (Lipinski definition) is 1. The highest BCUT2D eigenvalue weighted by Gasteiger charge is 2.09. The molecule has 156 valence electrons. The molecule has 0 aliphatic carbocycles. The first-order valence-electron chi connectivity index (χ1n) is 10.5. The smallest absolute Gasteiger partial charge is 0.262 e. The highest BCUT2D eigenvalue weighted by molar-refractivity contribution is 5.93. The number of benzene rings is 4. The topological polar surface area (TPSA) is 47.6 Å². The monoisotopic (exact) mass is 411 g/mol. The zero-order valence-corrected chi connectivity index (χ0v) is 17.3. The second-order valence-corrected chi connectivity index (χ2v) is 7.28. The molecule has 4 nitrogen and oxygen atoms in total. The van der Waals surface area contributed by atoms with Gasteiger partial charge in [0.15, 0.2) is 6.61 Å². The van der Waals surface area contributed by atoms with Crippen LogP contribution >= 0.6 is 0 Å². The summed E-state index contributed by atoms with van der Waals surface area (Å²) in [6, 6.07) is 31.6. The highest BCUT2D eigenvalue weighted by atomic mass is 16.5. The number of fused-ring (bicyclic) bond motifs is 1. The van der Waals surface area contributed by atoms with Crippen LogP contribution < -0.4 is 14.8 Å². The van der Waals surface area contributed by atoms with Crippen LogP contribution in [0.2, 0.25) is 0 Å². The molecule has 4 rings (SSSR count). The lowest BCUT2D eigenvalue weighted by atomic mass is 10.1. The molecule has 0 spiro atoms. The normalized spacial score (nSPS) is 10.6. The van der Waals surface area contributed by atoms with Gasteiger partial charge in [-0.2, -0.15) is 0 Å². The van der Waals surface area contributed by atoms with E-state index in [1.54, 1.807) is 0 Å². The molecule has 0 radical (unpaired) electrons. The predicted molar refractivity (Wildman–Crippen MR) is 125 cm³/mol. The van der Waals surface area contributed by atoms with E-state index >= 15 is 0 Å². The van der Waals surface area contributed by atoms with E-state index in [4.69, 9.17) is 9.47 Å². The van der Waals surface area contributed by atoms with Crippen molar-refractivity contribution in [1.82, 2.24) is 0 Å². The lowest BCUT2D eigenvalue weighted by Crippen LogP contribution is -2.20. The summed E-state index contributed by atoms with van der Waals surface area (Å²) in [6.07, 6.45) is 1.85. The van der Waals surface area contributed by atoms with Crippen LogP contribution in [0.1, 0.15) is 12.0 Å². The Morgan fingerprint density at radius 2 is 1.48 bits per heavy atom. The van der Waals surface area contributed by atoms with Crippen molar-refractivity contribution in [2.45, 2.75) is 12.8 Å². The van der Waals surface area contributed by atoms with E-state index in [0.29, 0.717) is 23.8 Å². The quantitative estimate of drug-likeness (QED) is 0.351. The summed E-state index contributed by atoms with van der Waals surface area (Å²) in [5, 5.41) is 5.10. The first-order chi connectivity index (χ1) is 15.3. The number of carbonyl (C=O) groups excluding carboxylic acids is 1. The summed E-state index contributed by atoms with van der Waals surface area (Å²) in [7, 11) is 0. The van der Waals surface area contributed by atoms with Gasteiger partial charge in [0.25, 0.3) is 5.91 Å². The molecular formula is C27H25NO3. The third-order valence-corrected chi connectivity index (χ3v) is 4.96. The summed E-state index contributed by atoms with van der Waals surface area (Å²) in [5.74, 6) is 1.10. The Morgan fingerprint density at radius 3 is 2.35 bits per heavy atom. The average Bonchev–Trinajstić information content (AvgIpc) is 2.82. The number of anilines is 1. The molecule has 31 heavy (non-hydrogen) atoms. The molecule has 0 unspecified atom stereocenters. The minimum atomic E-state index is -0.228. The van der Waals surface area contributed by atoms with Crippen LogP contribution in [0, 0.1) is 0 Å². The van der Waals surface area contributed by atoms with E-state index in [1.807, 2.05) is 84.9 Å². The summed E-state index contributed by atoms with van der Waals surface area (Å²) in [5.41, 5.74) is 1.94. The van der Waals surface area contributed by atoms with Gasteiger partial charge in [0.05, 0.1) is 12.3 Å². The minimum absolute atomic E-state index is 0.0688. The number of nitrogens with one attached hydrogen (secondary N) is 1. The number of rotatable bonds is 9. The van der Waals surface area contributed by atoms with Gasteiger partial charge >= 0.3 is 0 Å². The third kappa shape index (κ3) is 5.86. The van der Waals surface area contributed by atoms with Crippen LogP contribution in [0.5, 0.6) is 11.5 Å². The molecule has 0 bridgehead atoms. The van der Waals surface area contributed by atoms with E-state index < -0.39 is 0 Å².